The number of fused-ring (bicyclic) bond motifs is 1. The number of benzene rings is 1. The molecule has 2 aliphatic rings. The van der Waals surface area contributed by atoms with Crippen LogP contribution >= 0.6 is 34.8 Å². The predicted molar refractivity (Wildman–Crippen MR) is 149 cm³/mol. The van der Waals surface area contributed by atoms with E-state index in [2.05, 4.69) is 32.0 Å². The molecule has 198 valence electrons. The number of piperidine rings is 1. The molecule has 5 rings (SSSR count). The van der Waals surface area contributed by atoms with Gasteiger partial charge in [-0.15, -0.1) is 0 Å². The topological polar surface area (TPSA) is 114 Å². The smallest absolute Gasteiger partial charge is 0.225 e. The number of carbonyl (C=O) groups excluding carboxylic acids is 1. The molecule has 1 atom stereocenters. The lowest BCUT2D eigenvalue weighted by Gasteiger charge is -2.32. The Labute approximate surface area is 231 Å². The lowest BCUT2D eigenvalue weighted by atomic mass is 9.85. The van der Waals surface area contributed by atoms with E-state index >= 15 is 0 Å². The average Bonchev–Trinajstić information content (AvgIpc) is 3.23. The first kappa shape index (κ1) is 26.3. The number of aromatic nitrogens is 4. The van der Waals surface area contributed by atoms with Crippen molar-refractivity contribution in [2.45, 2.75) is 57.5 Å². The number of amides is 1. The maximum absolute atomic E-state index is 11.8. The summed E-state index contributed by atoms with van der Waals surface area (Å²) in [4.78, 5) is 28.5. The molecule has 3 aromatic rings. The Morgan fingerprint density at radius 2 is 1.84 bits per heavy atom. The molecule has 0 radical (unpaired) electrons. The quantitative estimate of drug-likeness (QED) is 0.339. The Balaban J connectivity index is 1.50. The van der Waals surface area contributed by atoms with Crippen LogP contribution in [0.15, 0.2) is 18.3 Å². The fourth-order valence-corrected chi connectivity index (χ4v) is 6.34. The van der Waals surface area contributed by atoms with Crippen LogP contribution in [0.4, 0.5) is 17.6 Å². The van der Waals surface area contributed by atoms with Gasteiger partial charge in [0.05, 0.1) is 21.9 Å². The van der Waals surface area contributed by atoms with Gasteiger partial charge in [-0.25, -0.2) is 9.97 Å². The number of nitrogens with one attached hydrogen (secondary N) is 2. The van der Waals surface area contributed by atoms with Crippen molar-refractivity contribution in [3.63, 3.8) is 0 Å². The van der Waals surface area contributed by atoms with E-state index < -0.39 is 0 Å². The van der Waals surface area contributed by atoms with Crippen molar-refractivity contribution in [2.24, 2.45) is 11.7 Å². The Morgan fingerprint density at radius 1 is 1.11 bits per heavy atom. The van der Waals surface area contributed by atoms with Gasteiger partial charge in [-0.1, -0.05) is 41.7 Å². The first-order valence-electron chi connectivity index (χ1n) is 12.8. The van der Waals surface area contributed by atoms with Crippen LogP contribution in [-0.4, -0.2) is 56.0 Å². The SMILES string of the molecule is CCN1CCC[C@@H](Nc2ncc3nc(Nc4c(Cl)cc(Cl)cc4Cl)n([C@H]4CC[C@@H](C(N)=O)CC4)c3n2)C1. The Hall–Kier alpha value is -2.33. The second-order valence-corrected chi connectivity index (χ2v) is 11.1. The molecule has 0 bridgehead atoms. The average molecular weight is 566 g/mol. The number of nitrogens with two attached hydrogens (primary N) is 1. The van der Waals surface area contributed by atoms with Crippen molar-refractivity contribution < 1.29 is 4.79 Å². The lowest BCUT2D eigenvalue weighted by Crippen LogP contribution is -2.42. The number of halogens is 3. The summed E-state index contributed by atoms with van der Waals surface area (Å²) in [5.41, 5.74) is 7.47. The van der Waals surface area contributed by atoms with Gasteiger partial charge in [0.1, 0.15) is 5.52 Å². The van der Waals surface area contributed by atoms with Gasteiger partial charge in [0, 0.05) is 29.6 Å². The van der Waals surface area contributed by atoms with Crippen molar-refractivity contribution in [1.82, 2.24) is 24.4 Å². The van der Waals surface area contributed by atoms with Gasteiger partial charge in [-0.05, 0) is 63.7 Å². The van der Waals surface area contributed by atoms with Crippen LogP contribution in [0.3, 0.4) is 0 Å². The second-order valence-electron chi connectivity index (χ2n) is 9.86. The monoisotopic (exact) mass is 564 g/mol. The second kappa shape index (κ2) is 11.2. The molecule has 2 fully saturated rings. The van der Waals surface area contributed by atoms with E-state index in [1.165, 1.54) is 0 Å². The molecule has 4 N–H and O–H groups in total. The molecule has 1 saturated carbocycles. The maximum atomic E-state index is 11.8. The van der Waals surface area contributed by atoms with Gasteiger partial charge in [-0.2, -0.15) is 4.98 Å². The minimum absolute atomic E-state index is 0.0703. The summed E-state index contributed by atoms with van der Waals surface area (Å²) in [5.74, 6) is 0.790. The lowest BCUT2D eigenvalue weighted by molar-refractivity contribution is -0.122. The zero-order valence-corrected chi connectivity index (χ0v) is 23.0. The van der Waals surface area contributed by atoms with Gasteiger partial charge in [0.25, 0.3) is 0 Å². The first-order chi connectivity index (χ1) is 17.8. The molecule has 1 aliphatic carbocycles. The van der Waals surface area contributed by atoms with Gasteiger partial charge in [0.15, 0.2) is 5.65 Å². The fourth-order valence-electron chi connectivity index (χ4n) is 5.43. The third-order valence-corrected chi connectivity index (χ3v) is 8.24. The van der Waals surface area contributed by atoms with Crippen molar-refractivity contribution in [1.29, 1.82) is 0 Å². The van der Waals surface area contributed by atoms with Crippen LogP contribution in [0.25, 0.3) is 11.2 Å². The van der Waals surface area contributed by atoms with Crippen LogP contribution in [0, 0.1) is 5.92 Å². The molecule has 0 spiro atoms. The van der Waals surface area contributed by atoms with E-state index in [0.717, 1.165) is 45.3 Å². The van der Waals surface area contributed by atoms with Crippen molar-refractivity contribution in [2.75, 3.05) is 30.3 Å². The van der Waals surface area contributed by atoms with E-state index in [1.54, 1.807) is 18.3 Å². The number of hydrogen-bond acceptors (Lipinski definition) is 7. The summed E-state index contributed by atoms with van der Waals surface area (Å²) in [7, 11) is 0. The van der Waals surface area contributed by atoms with E-state index in [-0.39, 0.29) is 23.9 Å². The van der Waals surface area contributed by atoms with Gasteiger partial charge in [0.2, 0.25) is 17.8 Å². The minimum atomic E-state index is -0.241. The number of primary amides is 1. The van der Waals surface area contributed by atoms with Crippen LogP contribution < -0.4 is 16.4 Å². The predicted octanol–water partition coefficient (Wildman–Crippen LogP) is 5.64. The largest absolute Gasteiger partial charge is 0.369 e. The molecule has 37 heavy (non-hydrogen) atoms. The molecule has 12 heteroatoms. The van der Waals surface area contributed by atoms with Gasteiger partial charge in [-0.3, -0.25) is 9.36 Å². The molecular weight excluding hydrogens is 535 g/mol. The summed E-state index contributed by atoms with van der Waals surface area (Å²) < 4.78 is 2.08. The zero-order chi connectivity index (χ0) is 26.1. The number of anilines is 3. The van der Waals surface area contributed by atoms with Gasteiger partial charge >= 0.3 is 0 Å². The Bertz CT molecular complexity index is 1270. The molecule has 1 aromatic carbocycles. The number of imidazole rings is 1. The zero-order valence-electron chi connectivity index (χ0n) is 20.7. The van der Waals surface area contributed by atoms with Gasteiger partial charge < -0.3 is 21.3 Å². The molecule has 3 heterocycles. The molecule has 1 saturated heterocycles. The standard InChI is InChI=1S/C25H31Cl3N8O/c1-2-35-9-3-4-16(13-35)31-24-30-12-20-23(34-24)36(17-7-5-14(6-8-17)22(29)37)25(32-20)33-21-18(27)10-15(26)11-19(21)28/h10-12,14,16-17H,2-9,13H2,1H3,(H2,29,37)(H,32,33)(H,30,31,34)/t14-,16-,17+/m1/s1. The number of likely N-dealkylation sites (tertiary alicyclic amines) is 1. The summed E-state index contributed by atoms with van der Waals surface area (Å²) in [6, 6.07) is 3.63. The third-order valence-electron chi connectivity index (χ3n) is 7.43. The third kappa shape index (κ3) is 5.74. The molecule has 1 amide bonds. The minimum Gasteiger partial charge on any atom is -0.369 e. The summed E-state index contributed by atoms with van der Waals surface area (Å²) in [6.07, 6.45) is 6.94. The van der Waals surface area contributed by atoms with Crippen LogP contribution in [0.5, 0.6) is 0 Å². The number of rotatable bonds is 7. The van der Waals surface area contributed by atoms with Crippen molar-refractivity contribution in [3.8, 4) is 0 Å². The Morgan fingerprint density at radius 3 is 2.51 bits per heavy atom. The van der Waals surface area contributed by atoms with Crippen LogP contribution in [0.2, 0.25) is 15.1 Å². The number of carbonyl (C=O) groups is 1. The molecule has 2 aromatic heterocycles. The molecule has 9 nitrogen and oxygen atoms in total. The highest BCUT2D eigenvalue weighted by Gasteiger charge is 2.30. The normalized spacial score (nSPS) is 22.8. The summed E-state index contributed by atoms with van der Waals surface area (Å²) in [6.45, 7) is 5.31. The molecular formula is C25H31Cl3N8O. The first-order valence-corrected chi connectivity index (χ1v) is 13.9. The highest BCUT2D eigenvalue weighted by molar-refractivity contribution is 6.41. The maximum Gasteiger partial charge on any atom is 0.225 e. The van der Waals surface area contributed by atoms with E-state index in [4.69, 9.17) is 50.5 Å². The number of hydrogen-bond donors (Lipinski definition) is 3. The van der Waals surface area contributed by atoms with E-state index in [1.807, 2.05) is 0 Å². The van der Waals surface area contributed by atoms with E-state index in [9.17, 15) is 4.79 Å². The highest BCUT2D eigenvalue weighted by atomic mass is 35.5. The summed E-state index contributed by atoms with van der Waals surface area (Å²) >= 11 is 19.1. The van der Waals surface area contributed by atoms with Crippen molar-refractivity contribution >= 4 is 69.5 Å². The highest BCUT2D eigenvalue weighted by Crippen LogP contribution is 2.40. The summed E-state index contributed by atoms with van der Waals surface area (Å²) in [5, 5.41) is 8.07. The van der Waals surface area contributed by atoms with Crippen LogP contribution in [0.1, 0.15) is 51.5 Å². The fraction of sp³-hybridized carbons (Fsp3) is 0.520. The molecule has 1 aliphatic heterocycles. The number of likely N-dealkylation sites (N-methyl/N-ethyl adjacent to an activating group) is 1. The van der Waals surface area contributed by atoms with Crippen molar-refractivity contribution in [3.05, 3.63) is 33.4 Å². The number of nitrogens with zero attached hydrogens (tertiary/aromatic N) is 5. The molecule has 0 unspecified atom stereocenters. The Kier molecular flexibility index (Phi) is 7.95. The van der Waals surface area contributed by atoms with Crippen LogP contribution in [-0.2, 0) is 4.79 Å². The van der Waals surface area contributed by atoms with E-state index in [0.29, 0.717) is 56.7 Å².